The predicted molar refractivity (Wildman–Crippen MR) is 109 cm³/mol. The SMILES string of the molecule is CCCNC(=O)CCNC(=O)CCCC(=O)NC1CCC(C(=O)C(C)C)CC1. The van der Waals surface area contributed by atoms with Crippen molar-refractivity contribution >= 4 is 23.5 Å². The van der Waals surface area contributed by atoms with Gasteiger partial charge in [-0.05, 0) is 38.5 Å². The number of ketones is 1. The zero-order chi connectivity index (χ0) is 20.9. The van der Waals surface area contributed by atoms with Crippen LogP contribution in [0.4, 0.5) is 0 Å². The lowest BCUT2D eigenvalue weighted by Crippen LogP contribution is -2.39. The molecule has 0 aromatic heterocycles. The fourth-order valence-corrected chi connectivity index (χ4v) is 3.46. The van der Waals surface area contributed by atoms with E-state index >= 15 is 0 Å². The van der Waals surface area contributed by atoms with Crippen LogP contribution in [-0.4, -0.2) is 42.6 Å². The van der Waals surface area contributed by atoms with E-state index in [-0.39, 0.29) is 48.4 Å². The molecule has 0 aromatic carbocycles. The Labute approximate surface area is 168 Å². The monoisotopic (exact) mass is 395 g/mol. The smallest absolute Gasteiger partial charge is 0.221 e. The molecule has 3 amide bonds. The Hall–Kier alpha value is -1.92. The van der Waals surface area contributed by atoms with E-state index < -0.39 is 0 Å². The Morgan fingerprint density at radius 2 is 1.39 bits per heavy atom. The lowest BCUT2D eigenvalue weighted by molar-refractivity contribution is -0.127. The number of carbonyl (C=O) groups is 4. The van der Waals surface area contributed by atoms with Crippen LogP contribution in [0.1, 0.15) is 78.6 Å². The van der Waals surface area contributed by atoms with E-state index in [9.17, 15) is 19.2 Å². The van der Waals surface area contributed by atoms with Gasteiger partial charge in [-0.25, -0.2) is 0 Å². The highest BCUT2D eigenvalue weighted by Crippen LogP contribution is 2.27. The zero-order valence-electron chi connectivity index (χ0n) is 17.6. The number of nitrogens with one attached hydrogen (secondary N) is 3. The molecule has 7 heteroatoms. The van der Waals surface area contributed by atoms with Crippen molar-refractivity contribution in [3.63, 3.8) is 0 Å². The molecular formula is C21H37N3O4. The zero-order valence-corrected chi connectivity index (χ0v) is 17.6. The molecule has 3 N–H and O–H groups in total. The maximum absolute atomic E-state index is 12.1. The molecule has 0 aliphatic heterocycles. The fraction of sp³-hybridized carbons (Fsp3) is 0.810. The minimum atomic E-state index is -0.135. The van der Waals surface area contributed by atoms with E-state index in [0.29, 0.717) is 31.7 Å². The molecule has 0 saturated heterocycles. The highest BCUT2D eigenvalue weighted by Gasteiger charge is 2.28. The Kier molecular flexibility index (Phi) is 11.4. The number of Topliss-reactive ketones (excluding diaryl/α,β-unsaturated/α-hetero) is 1. The van der Waals surface area contributed by atoms with Crippen LogP contribution in [-0.2, 0) is 19.2 Å². The Morgan fingerprint density at radius 3 is 2.00 bits per heavy atom. The van der Waals surface area contributed by atoms with Crippen molar-refractivity contribution in [2.75, 3.05) is 13.1 Å². The van der Waals surface area contributed by atoms with Crippen LogP contribution < -0.4 is 16.0 Å². The summed E-state index contributed by atoms with van der Waals surface area (Å²) in [5.74, 6) is 0.313. The van der Waals surface area contributed by atoms with Crippen LogP contribution in [0, 0.1) is 11.8 Å². The molecule has 160 valence electrons. The fourth-order valence-electron chi connectivity index (χ4n) is 3.46. The molecule has 0 aromatic rings. The minimum Gasteiger partial charge on any atom is -0.356 e. The van der Waals surface area contributed by atoms with Gasteiger partial charge in [-0.15, -0.1) is 0 Å². The average molecular weight is 396 g/mol. The maximum atomic E-state index is 12.1. The summed E-state index contributed by atoms with van der Waals surface area (Å²) in [5.41, 5.74) is 0. The summed E-state index contributed by atoms with van der Waals surface area (Å²) in [6.07, 6.45) is 5.61. The molecule has 0 heterocycles. The molecule has 0 bridgehead atoms. The van der Waals surface area contributed by atoms with Crippen molar-refractivity contribution in [1.82, 2.24) is 16.0 Å². The second-order valence-corrected chi connectivity index (χ2v) is 7.98. The van der Waals surface area contributed by atoms with Crippen molar-refractivity contribution in [2.24, 2.45) is 11.8 Å². The maximum Gasteiger partial charge on any atom is 0.221 e. The molecule has 1 rings (SSSR count). The first kappa shape index (κ1) is 24.1. The normalized spacial score (nSPS) is 19.1. The molecule has 0 unspecified atom stereocenters. The van der Waals surface area contributed by atoms with E-state index in [4.69, 9.17) is 0 Å². The molecule has 0 radical (unpaired) electrons. The minimum absolute atomic E-state index is 0.0367. The number of rotatable bonds is 12. The number of hydrogen-bond donors (Lipinski definition) is 3. The lowest BCUT2D eigenvalue weighted by atomic mass is 9.80. The van der Waals surface area contributed by atoms with Gasteiger partial charge >= 0.3 is 0 Å². The van der Waals surface area contributed by atoms with Crippen molar-refractivity contribution in [3.8, 4) is 0 Å². The average Bonchev–Trinajstić information content (AvgIpc) is 2.66. The summed E-state index contributed by atoms with van der Waals surface area (Å²) >= 11 is 0. The van der Waals surface area contributed by atoms with Gasteiger partial charge in [0.2, 0.25) is 17.7 Å². The van der Waals surface area contributed by atoms with Gasteiger partial charge in [0, 0.05) is 50.2 Å². The summed E-state index contributed by atoms with van der Waals surface area (Å²) in [7, 11) is 0. The first-order valence-corrected chi connectivity index (χ1v) is 10.7. The van der Waals surface area contributed by atoms with Crippen molar-refractivity contribution in [3.05, 3.63) is 0 Å². The van der Waals surface area contributed by atoms with E-state index in [0.717, 1.165) is 32.1 Å². The largest absolute Gasteiger partial charge is 0.356 e. The lowest BCUT2D eigenvalue weighted by Gasteiger charge is -2.29. The molecule has 28 heavy (non-hydrogen) atoms. The molecule has 0 atom stereocenters. The van der Waals surface area contributed by atoms with Crippen molar-refractivity contribution < 1.29 is 19.2 Å². The number of carbonyl (C=O) groups excluding carboxylic acids is 4. The van der Waals surface area contributed by atoms with E-state index in [1.165, 1.54) is 0 Å². The van der Waals surface area contributed by atoms with E-state index in [2.05, 4.69) is 16.0 Å². The van der Waals surface area contributed by atoms with Gasteiger partial charge in [0.25, 0.3) is 0 Å². The van der Waals surface area contributed by atoms with Crippen molar-refractivity contribution in [2.45, 2.75) is 84.6 Å². The van der Waals surface area contributed by atoms with E-state index in [1.54, 1.807) is 0 Å². The summed E-state index contributed by atoms with van der Waals surface area (Å²) in [5, 5.41) is 8.49. The van der Waals surface area contributed by atoms with Crippen molar-refractivity contribution in [1.29, 1.82) is 0 Å². The third-order valence-electron chi connectivity index (χ3n) is 5.12. The number of hydrogen-bond acceptors (Lipinski definition) is 4. The molecule has 7 nitrogen and oxygen atoms in total. The Morgan fingerprint density at radius 1 is 0.821 bits per heavy atom. The van der Waals surface area contributed by atoms with Gasteiger partial charge in [0.05, 0.1) is 0 Å². The first-order chi connectivity index (χ1) is 13.3. The molecule has 1 aliphatic carbocycles. The summed E-state index contributed by atoms with van der Waals surface area (Å²) in [6.45, 7) is 6.83. The van der Waals surface area contributed by atoms with Crippen LogP contribution in [0.5, 0.6) is 0 Å². The Balaban J connectivity index is 2.10. The quantitative estimate of drug-likeness (QED) is 0.470. The third-order valence-corrected chi connectivity index (χ3v) is 5.12. The van der Waals surface area contributed by atoms with Gasteiger partial charge < -0.3 is 16.0 Å². The topological polar surface area (TPSA) is 104 Å². The molecule has 0 spiro atoms. The highest BCUT2D eigenvalue weighted by molar-refractivity contribution is 5.83. The van der Waals surface area contributed by atoms with Crippen LogP contribution >= 0.6 is 0 Å². The van der Waals surface area contributed by atoms with Gasteiger partial charge in [0.1, 0.15) is 5.78 Å². The summed E-state index contributed by atoms with van der Waals surface area (Å²) in [6, 6.07) is 0.138. The molecule has 1 saturated carbocycles. The second-order valence-electron chi connectivity index (χ2n) is 7.98. The van der Waals surface area contributed by atoms with Gasteiger partial charge in [0.15, 0.2) is 0 Å². The van der Waals surface area contributed by atoms with E-state index in [1.807, 2.05) is 20.8 Å². The van der Waals surface area contributed by atoms with Gasteiger partial charge in [-0.1, -0.05) is 20.8 Å². The molecular weight excluding hydrogens is 358 g/mol. The van der Waals surface area contributed by atoms with Crippen LogP contribution in [0.2, 0.25) is 0 Å². The number of amides is 3. The van der Waals surface area contributed by atoms with Gasteiger partial charge in [-0.2, -0.15) is 0 Å². The summed E-state index contributed by atoms with van der Waals surface area (Å²) < 4.78 is 0. The van der Waals surface area contributed by atoms with Crippen LogP contribution in [0.25, 0.3) is 0 Å². The second kappa shape index (κ2) is 13.3. The molecule has 1 aliphatic rings. The van der Waals surface area contributed by atoms with Crippen LogP contribution in [0.15, 0.2) is 0 Å². The van der Waals surface area contributed by atoms with Gasteiger partial charge in [-0.3, -0.25) is 19.2 Å². The summed E-state index contributed by atoms with van der Waals surface area (Å²) in [4.78, 5) is 47.3. The first-order valence-electron chi connectivity index (χ1n) is 10.7. The van der Waals surface area contributed by atoms with Crippen LogP contribution in [0.3, 0.4) is 0 Å². The highest BCUT2D eigenvalue weighted by atomic mass is 16.2. The Bertz CT molecular complexity index is 526. The standard InChI is InChI=1S/C21H37N3O4/c1-4-13-22-19(26)12-14-23-18(25)6-5-7-20(27)24-17-10-8-16(9-11-17)21(28)15(2)3/h15-17H,4-14H2,1-3H3,(H,22,26)(H,23,25)(H,24,27). The predicted octanol–water partition coefficient (Wildman–Crippen LogP) is 2.09. The molecule has 1 fully saturated rings. The third kappa shape index (κ3) is 9.85.